The van der Waals surface area contributed by atoms with E-state index in [4.69, 9.17) is 14.2 Å². The quantitative estimate of drug-likeness (QED) is 0.418. The third-order valence-electron chi connectivity index (χ3n) is 3.66. The molecular formula is C18H16O10. The zero-order chi connectivity index (χ0) is 21.0. The van der Waals surface area contributed by atoms with Crippen LogP contribution in [-0.4, -0.2) is 57.1 Å². The Kier molecular flexibility index (Phi) is 6.04. The third-order valence-corrected chi connectivity index (χ3v) is 3.66. The number of hydrogen-bond acceptors (Lipinski definition) is 10. The predicted octanol–water partition coefficient (Wildman–Crippen LogP) is 0.675. The van der Waals surface area contributed by atoms with Gasteiger partial charge in [-0.25, -0.2) is 9.59 Å². The van der Waals surface area contributed by atoms with Gasteiger partial charge in [0.25, 0.3) is 11.6 Å². The van der Waals surface area contributed by atoms with E-state index in [2.05, 4.69) is 9.47 Å². The van der Waals surface area contributed by atoms with Crippen molar-refractivity contribution in [2.24, 2.45) is 0 Å². The molecule has 0 heterocycles. The molecule has 0 saturated heterocycles. The van der Waals surface area contributed by atoms with Crippen LogP contribution in [0.3, 0.4) is 0 Å². The molecule has 10 nitrogen and oxygen atoms in total. The standard InChI is InChI=1S/C18H16O10/c1-24-11-7-9(18(23)27-4)15(14(21)13(11)20)28-16-10(19)5-8(17(22)26-3)6-12(16)25-2/h5-7,19H,1-4H3. The minimum absolute atomic E-state index is 0.0565. The molecule has 1 aliphatic carbocycles. The summed E-state index contributed by atoms with van der Waals surface area (Å²) in [7, 11) is 4.58. The van der Waals surface area contributed by atoms with E-state index >= 15 is 0 Å². The zero-order valence-electron chi connectivity index (χ0n) is 15.4. The summed E-state index contributed by atoms with van der Waals surface area (Å²) in [5.41, 5.74) is -0.457. The van der Waals surface area contributed by atoms with E-state index in [1.54, 1.807) is 0 Å². The van der Waals surface area contributed by atoms with Gasteiger partial charge >= 0.3 is 11.9 Å². The Balaban J connectivity index is 2.63. The zero-order valence-corrected chi connectivity index (χ0v) is 15.4. The molecule has 0 bridgehead atoms. The lowest BCUT2D eigenvalue weighted by molar-refractivity contribution is -0.138. The second-order valence-electron chi connectivity index (χ2n) is 5.23. The number of phenols is 1. The van der Waals surface area contributed by atoms with Crippen LogP contribution in [0, 0.1) is 0 Å². The topological polar surface area (TPSA) is 135 Å². The summed E-state index contributed by atoms with van der Waals surface area (Å²) in [5.74, 6) is -6.22. The molecule has 0 atom stereocenters. The van der Waals surface area contributed by atoms with Crippen LogP contribution in [-0.2, 0) is 28.6 Å². The number of carbonyl (C=O) groups is 4. The van der Waals surface area contributed by atoms with E-state index in [0.717, 1.165) is 33.5 Å². The summed E-state index contributed by atoms with van der Waals surface area (Å²) in [4.78, 5) is 48.2. The SMILES string of the molecule is COC(=O)C1=C(Oc2c(O)cc(C(=O)OC)cc2OC)C(=O)C(=O)C(OC)=C1. The van der Waals surface area contributed by atoms with Gasteiger partial charge in [0.2, 0.25) is 5.75 Å². The van der Waals surface area contributed by atoms with Gasteiger partial charge in [-0.05, 0) is 12.1 Å². The summed E-state index contributed by atoms with van der Waals surface area (Å²) in [6, 6.07) is 2.19. The molecular weight excluding hydrogens is 376 g/mol. The first kappa shape index (κ1) is 20.5. The molecule has 10 heteroatoms. The number of Topliss-reactive ketones (excluding diaryl/α,β-unsaturated/α-hetero) is 2. The number of methoxy groups -OCH3 is 4. The van der Waals surface area contributed by atoms with Crippen molar-refractivity contribution in [2.45, 2.75) is 0 Å². The summed E-state index contributed by atoms with van der Waals surface area (Å²) >= 11 is 0. The number of benzene rings is 1. The first-order valence-corrected chi connectivity index (χ1v) is 7.63. The van der Waals surface area contributed by atoms with Gasteiger partial charge in [-0.1, -0.05) is 0 Å². The lowest BCUT2D eigenvalue weighted by Gasteiger charge is -2.19. The van der Waals surface area contributed by atoms with E-state index in [1.807, 2.05) is 0 Å². The number of aromatic hydroxyl groups is 1. The summed E-state index contributed by atoms with van der Waals surface area (Å²) in [6.45, 7) is 0. The highest BCUT2D eigenvalue weighted by molar-refractivity contribution is 6.50. The largest absolute Gasteiger partial charge is 0.504 e. The van der Waals surface area contributed by atoms with Crippen molar-refractivity contribution in [3.63, 3.8) is 0 Å². The van der Waals surface area contributed by atoms with Crippen LogP contribution in [0.25, 0.3) is 0 Å². The summed E-state index contributed by atoms with van der Waals surface area (Å²) < 4.78 is 24.4. The van der Waals surface area contributed by atoms with Crippen LogP contribution < -0.4 is 9.47 Å². The first-order valence-electron chi connectivity index (χ1n) is 7.63. The van der Waals surface area contributed by atoms with Gasteiger partial charge in [-0.3, -0.25) is 9.59 Å². The molecule has 0 unspecified atom stereocenters. The molecule has 0 spiro atoms. The smallest absolute Gasteiger partial charge is 0.341 e. The highest BCUT2D eigenvalue weighted by Gasteiger charge is 2.37. The Bertz CT molecular complexity index is 923. The Morgan fingerprint density at radius 1 is 0.893 bits per heavy atom. The van der Waals surface area contributed by atoms with Crippen LogP contribution >= 0.6 is 0 Å². The van der Waals surface area contributed by atoms with Crippen LogP contribution in [0.4, 0.5) is 0 Å². The number of rotatable bonds is 6. The Hall–Kier alpha value is -3.82. The van der Waals surface area contributed by atoms with Gasteiger partial charge in [-0.2, -0.15) is 0 Å². The normalized spacial score (nSPS) is 13.6. The van der Waals surface area contributed by atoms with E-state index in [-0.39, 0.29) is 17.1 Å². The monoisotopic (exact) mass is 392 g/mol. The lowest BCUT2D eigenvalue weighted by atomic mass is 10.0. The number of carbonyl (C=O) groups excluding carboxylic acids is 4. The minimum atomic E-state index is -1.20. The first-order chi connectivity index (χ1) is 13.3. The van der Waals surface area contributed by atoms with Crippen LogP contribution in [0.1, 0.15) is 10.4 Å². The number of phenolic OH excluding ortho intramolecular Hbond substituents is 1. The van der Waals surface area contributed by atoms with Crippen molar-refractivity contribution >= 4 is 23.5 Å². The summed E-state index contributed by atoms with van der Waals surface area (Å²) in [6.07, 6.45) is 0.983. The van der Waals surface area contributed by atoms with Gasteiger partial charge in [0.1, 0.15) is 5.57 Å². The third kappa shape index (κ3) is 3.65. The van der Waals surface area contributed by atoms with Gasteiger partial charge in [0.05, 0.1) is 34.0 Å². The average molecular weight is 392 g/mol. The fraction of sp³-hybridized carbons (Fsp3) is 0.222. The molecule has 28 heavy (non-hydrogen) atoms. The minimum Gasteiger partial charge on any atom is -0.504 e. The maximum atomic E-state index is 12.4. The highest BCUT2D eigenvalue weighted by Crippen LogP contribution is 2.40. The van der Waals surface area contributed by atoms with Gasteiger partial charge in [-0.15, -0.1) is 0 Å². The molecule has 0 aliphatic heterocycles. The van der Waals surface area contributed by atoms with E-state index in [1.165, 1.54) is 13.2 Å². The van der Waals surface area contributed by atoms with Crippen molar-refractivity contribution in [3.8, 4) is 17.2 Å². The molecule has 0 aromatic heterocycles. The Morgan fingerprint density at radius 3 is 2.07 bits per heavy atom. The van der Waals surface area contributed by atoms with Crippen molar-refractivity contribution in [2.75, 3.05) is 28.4 Å². The maximum Gasteiger partial charge on any atom is 0.341 e. The molecule has 0 radical (unpaired) electrons. The molecule has 0 fully saturated rings. The molecule has 1 aromatic carbocycles. The second kappa shape index (κ2) is 8.25. The van der Waals surface area contributed by atoms with Gasteiger partial charge in [0, 0.05) is 6.08 Å². The second-order valence-corrected chi connectivity index (χ2v) is 5.23. The number of ketones is 2. The Morgan fingerprint density at radius 2 is 1.54 bits per heavy atom. The molecule has 148 valence electrons. The molecule has 1 N–H and O–H groups in total. The number of esters is 2. The average Bonchev–Trinajstić information content (AvgIpc) is 2.71. The molecule has 1 aromatic rings. The van der Waals surface area contributed by atoms with E-state index in [9.17, 15) is 24.3 Å². The molecule has 0 saturated carbocycles. The van der Waals surface area contributed by atoms with Crippen molar-refractivity contribution < 1.29 is 48.0 Å². The van der Waals surface area contributed by atoms with Crippen molar-refractivity contribution in [1.29, 1.82) is 0 Å². The van der Waals surface area contributed by atoms with Crippen LogP contribution in [0.5, 0.6) is 17.2 Å². The summed E-state index contributed by atoms with van der Waals surface area (Å²) in [5, 5.41) is 10.2. The van der Waals surface area contributed by atoms with Gasteiger partial charge in [0.15, 0.2) is 23.0 Å². The van der Waals surface area contributed by atoms with E-state index < -0.39 is 46.3 Å². The van der Waals surface area contributed by atoms with Crippen LogP contribution in [0.15, 0.2) is 35.3 Å². The van der Waals surface area contributed by atoms with Crippen LogP contribution in [0.2, 0.25) is 0 Å². The lowest BCUT2D eigenvalue weighted by Crippen LogP contribution is -2.29. The molecule has 2 rings (SSSR count). The van der Waals surface area contributed by atoms with Crippen molar-refractivity contribution in [1.82, 2.24) is 0 Å². The number of allylic oxidation sites excluding steroid dienone is 2. The fourth-order valence-electron chi connectivity index (χ4n) is 2.29. The van der Waals surface area contributed by atoms with Gasteiger partial charge < -0.3 is 28.8 Å². The maximum absolute atomic E-state index is 12.4. The molecule has 0 amide bonds. The Labute approximate surface area is 158 Å². The van der Waals surface area contributed by atoms with E-state index in [0.29, 0.717) is 0 Å². The number of hydrogen-bond donors (Lipinski definition) is 1. The highest BCUT2D eigenvalue weighted by atomic mass is 16.5. The van der Waals surface area contributed by atoms with Crippen molar-refractivity contribution in [3.05, 3.63) is 40.9 Å². The molecule has 1 aliphatic rings. The predicted molar refractivity (Wildman–Crippen MR) is 90.8 cm³/mol. The fourth-order valence-corrected chi connectivity index (χ4v) is 2.29. The number of ether oxygens (including phenoxy) is 5.